The van der Waals surface area contributed by atoms with Crippen molar-refractivity contribution in [2.75, 3.05) is 13.1 Å². The Morgan fingerprint density at radius 3 is 2.46 bits per heavy atom. The first-order chi connectivity index (χ1) is 5.91. The van der Waals surface area contributed by atoms with Crippen molar-refractivity contribution in [2.45, 2.75) is 25.8 Å². The monoisotopic (exact) mass is 192 g/mol. The Kier molecular flexibility index (Phi) is 2.56. The number of carbonyl (C=O) groups is 1. The van der Waals surface area contributed by atoms with Crippen molar-refractivity contribution in [3.05, 3.63) is 0 Å². The summed E-state index contributed by atoms with van der Waals surface area (Å²) >= 11 is 0. The number of rotatable bonds is 2. The molecular formula is C8H14F2N2O. The van der Waals surface area contributed by atoms with Crippen molar-refractivity contribution in [3.63, 3.8) is 0 Å². The molecule has 1 amide bonds. The minimum absolute atomic E-state index is 0.0694. The number of amides is 1. The number of hydrogen-bond donors (Lipinski definition) is 1. The fourth-order valence-corrected chi connectivity index (χ4v) is 1.47. The first-order valence-electron chi connectivity index (χ1n) is 4.30. The van der Waals surface area contributed by atoms with Gasteiger partial charge in [0.2, 0.25) is 0 Å². The summed E-state index contributed by atoms with van der Waals surface area (Å²) in [4.78, 5) is 12.3. The van der Waals surface area contributed by atoms with E-state index in [0.29, 0.717) is 0 Å². The third kappa shape index (κ3) is 1.52. The topological polar surface area (TPSA) is 46.3 Å². The van der Waals surface area contributed by atoms with Gasteiger partial charge in [-0.1, -0.05) is 0 Å². The molecule has 1 heterocycles. The van der Waals surface area contributed by atoms with E-state index >= 15 is 0 Å². The predicted octanol–water partition coefficient (Wildman–Crippen LogP) is 0.447. The lowest BCUT2D eigenvalue weighted by atomic mass is 10.1. The van der Waals surface area contributed by atoms with Crippen molar-refractivity contribution in [1.82, 2.24) is 4.90 Å². The van der Waals surface area contributed by atoms with E-state index in [2.05, 4.69) is 0 Å². The van der Waals surface area contributed by atoms with Crippen LogP contribution in [0.5, 0.6) is 0 Å². The molecule has 13 heavy (non-hydrogen) atoms. The molecule has 0 saturated carbocycles. The molecule has 0 aliphatic carbocycles. The van der Waals surface area contributed by atoms with Gasteiger partial charge in [0.25, 0.3) is 5.91 Å². The molecular weight excluding hydrogens is 178 g/mol. The average molecular weight is 192 g/mol. The quantitative estimate of drug-likeness (QED) is 0.690. The molecule has 1 fully saturated rings. The van der Waals surface area contributed by atoms with Gasteiger partial charge in [0, 0.05) is 19.1 Å². The van der Waals surface area contributed by atoms with Crippen molar-refractivity contribution < 1.29 is 13.6 Å². The Hall–Kier alpha value is -0.710. The summed E-state index contributed by atoms with van der Waals surface area (Å²) in [6.45, 7) is 3.35. The number of halogens is 2. The lowest BCUT2D eigenvalue weighted by Crippen LogP contribution is -2.39. The SMILES string of the molecule is CC(C)N1CC(CN)C(F)(F)C1=O. The first-order valence-corrected chi connectivity index (χ1v) is 4.30. The van der Waals surface area contributed by atoms with Crippen LogP contribution in [-0.2, 0) is 4.79 Å². The summed E-state index contributed by atoms with van der Waals surface area (Å²) in [5.74, 6) is -5.38. The number of nitrogens with zero attached hydrogens (tertiary/aromatic N) is 1. The van der Waals surface area contributed by atoms with Crippen LogP contribution in [0.2, 0.25) is 0 Å². The van der Waals surface area contributed by atoms with Crippen LogP contribution in [0, 0.1) is 5.92 Å². The smallest absolute Gasteiger partial charge is 0.330 e. The summed E-state index contributed by atoms with van der Waals surface area (Å²) in [6.07, 6.45) is 0. The third-order valence-corrected chi connectivity index (χ3v) is 2.38. The van der Waals surface area contributed by atoms with E-state index in [9.17, 15) is 13.6 Å². The summed E-state index contributed by atoms with van der Waals surface area (Å²) in [5.41, 5.74) is 5.18. The zero-order chi connectivity index (χ0) is 10.2. The van der Waals surface area contributed by atoms with Crippen LogP contribution in [0.3, 0.4) is 0 Å². The van der Waals surface area contributed by atoms with Crippen molar-refractivity contribution in [1.29, 1.82) is 0 Å². The van der Waals surface area contributed by atoms with Crippen LogP contribution in [0.1, 0.15) is 13.8 Å². The molecule has 1 aliphatic heterocycles. The Morgan fingerprint density at radius 2 is 2.23 bits per heavy atom. The van der Waals surface area contributed by atoms with Gasteiger partial charge in [-0.15, -0.1) is 0 Å². The molecule has 0 spiro atoms. The Bertz CT molecular complexity index is 218. The highest BCUT2D eigenvalue weighted by molar-refractivity contribution is 5.86. The van der Waals surface area contributed by atoms with E-state index in [1.165, 1.54) is 4.90 Å². The van der Waals surface area contributed by atoms with E-state index in [4.69, 9.17) is 5.73 Å². The highest BCUT2D eigenvalue weighted by Gasteiger charge is 2.55. The van der Waals surface area contributed by atoms with Gasteiger partial charge < -0.3 is 10.6 Å². The van der Waals surface area contributed by atoms with Crippen LogP contribution >= 0.6 is 0 Å². The second-order valence-electron chi connectivity index (χ2n) is 3.61. The van der Waals surface area contributed by atoms with Crippen molar-refractivity contribution >= 4 is 5.91 Å². The van der Waals surface area contributed by atoms with Gasteiger partial charge in [-0.2, -0.15) is 8.78 Å². The Labute approximate surface area is 75.9 Å². The average Bonchev–Trinajstić information content (AvgIpc) is 2.25. The van der Waals surface area contributed by atoms with Gasteiger partial charge in [-0.3, -0.25) is 4.79 Å². The van der Waals surface area contributed by atoms with Gasteiger partial charge in [0.15, 0.2) is 0 Å². The normalized spacial score (nSPS) is 27.4. The van der Waals surface area contributed by atoms with Crippen LogP contribution < -0.4 is 5.73 Å². The Balaban J connectivity index is 2.85. The second-order valence-corrected chi connectivity index (χ2v) is 3.61. The maximum absolute atomic E-state index is 13.1. The molecule has 1 rings (SSSR count). The molecule has 0 aromatic carbocycles. The van der Waals surface area contributed by atoms with E-state index < -0.39 is 17.7 Å². The molecule has 1 saturated heterocycles. The van der Waals surface area contributed by atoms with Crippen LogP contribution in [-0.4, -0.2) is 35.9 Å². The lowest BCUT2D eigenvalue weighted by molar-refractivity contribution is -0.152. The number of carbonyl (C=O) groups excluding carboxylic acids is 1. The predicted molar refractivity (Wildman–Crippen MR) is 44.3 cm³/mol. The molecule has 1 aliphatic rings. The van der Waals surface area contributed by atoms with E-state index in [1.54, 1.807) is 13.8 Å². The van der Waals surface area contributed by atoms with Gasteiger partial charge in [0.05, 0.1) is 5.92 Å². The fourth-order valence-electron chi connectivity index (χ4n) is 1.47. The zero-order valence-corrected chi connectivity index (χ0v) is 7.76. The fraction of sp³-hybridized carbons (Fsp3) is 0.875. The summed E-state index contributed by atoms with van der Waals surface area (Å²) < 4.78 is 26.3. The third-order valence-electron chi connectivity index (χ3n) is 2.38. The highest BCUT2D eigenvalue weighted by atomic mass is 19.3. The van der Waals surface area contributed by atoms with Crippen LogP contribution in [0.15, 0.2) is 0 Å². The van der Waals surface area contributed by atoms with E-state index in [-0.39, 0.29) is 19.1 Å². The van der Waals surface area contributed by atoms with E-state index in [1.807, 2.05) is 0 Å². The molecule has 76 valence electrons. The minimum Gasteiger partial charge on any atom is -0.334 e. The number of likely N-dealkylation sites (tertiary alicyclic amines) is 1. The maximum atomic E-state index is 13.1. The van der Waals surface area contributed by atoms with E-state index in [0.717, 1.165) is 0 Å². The number of alkyl halides is 2. The molecule has 1 unspecified atom stereocenters. The summed E-state index contributed by atoms with van der Waals surface area (Å²) in [7, 11) is 0. The molecule has 5 heteroatoms. The lowest BCUT2D eigenvalue weighted by Gasteiger charge is -2.19. The standard InChI is InChI=1S/C8H14F2N2O/c1-5(2)12-4-6(3-11)8(9,10)7(12)13/h5-6H,3-4,11H2,1-2H3. The van der Waals surface area contributed by atoms with Crippen molar-refractivity contribution in [2.24, 2.45) is 11.7 Å². The van der Waals surface area contributed by atoms with Crippen LogP contribution in [0.25, 0.3) is 0 Å². The molecule has 0 bridgehead atoms. The molecule has 3 nitrogen and oxygen atoms in total. The van der Waals surface area contributed by atoms with Crippen LogP contribution in [0.4, 0.5) is 8.78 Å². The largest absolute Gasteiger partial charge is 0.334 e. The first kappa shape index (κ1) is 10.4. The van der Waals surface area contributed by atoms with Gasteiger partial charge in [-0.05, 0) is 13.8 Å². The molecule has 0 radical (unpaired) electrons. The summed E-state index contributed by atoms with van der Waals surface area (Å²) in [6, 6.07) is -0.185. The molecule has 0 aromatic rings. The highest BCUT2D eigenvalue weighted by Crippen LogP contribution is 2.34. The maximum Gasteiger partial charge on any atom is 0.330 e. The summed E-state index contributed by atoms with van der Waals surface area (Å²) in [5, 5.41) is 0. The Morgan fingerprint density at radius 1 is 1.69 bits per heavy atom. The minimum atomic E-state index is -3.26. The zero-order valence-electron chi connectivity index (χ0n) is 7.76. The number of nitrogens with two attached hydrogens (primary N) is 1. The second kappa shape index (κ2) is 3.21. The van der Waals surface area contributed by atoms with Gasteiger partial charge >= 0.3 is 5.92 Å². The van der Waals surface area contributed by atoms with Gasteiger partial charge in [-0.25, -0.2) is 0 Å². The van der Waals surface area contributed by atoms with Crippen molar-refractivity contribution in [3.8, 4) is 0 Å². The molecule has 1 atom stereocenters. The number of hydrogen-bond acceptors (Lipinski definition) is 2. The van der Waals surface area contributed by atoms with Gasteiger partial charge in [0.1, 0.15) is 0 Å². The molecule has 2 N–H and O–H groups in total. The molecule has 0 aromatic heterocycles.